The molecule has 0 saturated carbocycles. The number of nitrogens with zero attached hydrogens (tertiary/aromatic N) is 3. The summed E-state index contributed by atoms with van der Waals surface area (Å²) in [5.74, 6) is 0.310. The van der Waals surface area contributed by atoms with Gasteiger partial charge >= 0.3 is 0 Å². The minimum absolute atomic E-state index is 0.151. The second-order valence-electron chi connectivity index (χ2n) is 9.32. The molecule has 2 aromatic heterocycles. The third-order valence-electron chi connectivity index (χ3n) is 7.27. The Morgan fingerprint density at radius 1 is 1.06 bits per heavy atom. The summed E-state index contributed by atoms with van der Waals surface area (Å²) in [6.45, 7) is 0.439. The van der Waals surface area contributed by atoms with Gasteiger partial charge in [-0.05, 0) is 58.9 Å². The Kier molecular flexibility index (Phi) is 5.60. The van der Waals surface area contributed by atoms with E-state index in [1.165, 1.54) is 22.3 Å². The van der Waals surface area contributed by atoms with Crippen molar-refractivity contribution in [2.24, 2.45) is 0 Å². The molecule has 2 amide bonds. The van der Waals surface area contributed by atoms with Crippen LogP contribution in [0.25, 0.3) is 16.6 Å². The number of carbonyl (C=O) groups is 2. The van der Waals surface area contributed by atoms with Gasteiger partial charge in [-0.3, -0.25) is 19.6 Å². The number of likely N-dealkylation sites (N-methyl/N-ethyl adjacent to an activating group) is 1. The van der Waals surface area contributed by atoms with Crippen molar-refractivity contribution < 1.29 is 14.0 Å². The molecule has 2 aromatic carbocycles. The summed E-state index contributed by atoms with van der Waals surface area (Å²) in [6.07, 6.45) is 7.52. The summed E-state index contributed by atoms with van der Waals surface area (Å²) in [5, 5.41) is 2.75. The topological polar surface area (TPSA) is 88.3 Å². The standard InChI is InChI=1S/C29H26N4O3/c1-30-28(34)26-16-23-20(15-19-4-2-3-5-21(19)23)17-33(26)29(35)22-10-13-36-27(22)9-7-18-6-8-24-25(14-18)32-12-11-31-24/h2-6,8,10-14,26H,7,9,15-17H2,1H3,(H,30,34)/t26-/m1/s1. The lowest BCUT2D eigenvalue weighted by Gasteiger charge is -2.35. The van der Waals surface area contributed by atoms with E-state index in [-0.39, 0.29) is 11.8 Å². The van der Waals surface area contributed by atoms with Crippen LogP contribution in [-0.4, -0.2) is 46.3 Å². The fourth-order valence-corrected chi connectivity index (χ4v) is 5.44. The molecule has 1 atom stereocenters. The third kappa shape index (κ3) is 3.86. The molecule has 0 radical (unpaired) electrons. The van der Waals surface area contributed by atoms with Crippen LogP contribution in [0.3, 0.4) is 0 Å². The molecule has 1 aliphatic carbocycles. The van der Waals surface area contributed by atoms with E-state index >= 15 is 0 Å². The summed E-state index contributed by atoms with van der Waals surface area (Å²) < 4.78 is 5.76. The first-order chi connectivity index (χ1) is 17.6. The van der Waals surface area contributed by atoms with Crippen molar-refractivity contribution in [3.05, 3.63) is 101 Å². The highest BCUT2D eigenvalue weighted by Crippen LogP contribution is 2.40. The van der Waals surface area contributed by atoms with Gasteiger partial charge < -0.3 is 14.6 Å². The van der Waals surface area contributed by atoms with E-state index in [4.69, 9.17) is 4.42 Å². The van der Waals surface area contributed by atoms with Gasteiger partial charge in [0.25, 0.3) is 5.91 Å². The van der Waals surface area contributed by atoms with Crippen LogP contribution >= 0.6 is 0 Å². The highest BCUT2D eigenvalue weighted by Gasteiger charge is 2.39. The Hall–Kier alpha value is -4.26. The maximum atomic E-state index is 13.8. The van der Waals surface area contributed by atoms with Gasteiger partial charge in [0.05, 0.1) is 22.9 Å². The van der Waals surface area contributed by atoms with Crippen LogP contribution in [0.15, 0.2) is 77.2 Å². The molecule has 0 bridgehead atoms. The monoisotopic (exact) mass is 478 g/mol. The second kappa shape index (κ2) is 9.07. The Labute approximate surface area is 208 Å². The maximum Gasteiger partial charge on any atom is 0.258 e. The van der Waals surface area contributed by atoms with Crippen LogP contribution in [0.5, 0.6) is 0 Å². The van der Waals surface area contributed by atoms with E-state index in [0.717, 1.165) is 23.0 Å². The molecule has 36 heavy (non-hydrogen) atoms. The zero-order valence-corrected chi connectivity index (χ0v) is 20.0. The van der Waals surface area contributed by atoms with Crippen LogP contribution in [0, 0.1) is 0 Å². The van der Waals surface area contributed by atoms with Crippen LogP contribution < -0.4 is 5.32 Å². The van der Waals surface area contributed by atoms with Crippen molar-refractivity contribution >= 4 is 28.4 Å². The number of nitrogens with one attached hydrogen (secondary N) is 1. The molecule has 7 heteroatoms. The predicted molar refractivity (Wildman–Crippen MR) is 136 cm³/mol. The Morgan fingerprint density at radius 2 is 1.89 bits per heavy atom. The van der Waals surface area contributed by atoms with Crippen LogP contribution in [0.1, 0.15) is 39.2 Å². The van der Waals surface area contributed by atoms with E-state index in [1.54, 1.807) is 36.7 Å². The van der Waals surface area contributed by atoms with Crippen molar-refractivity contribution in [2.75, 3.05) is 13.6 Å². The third-order valence-corrected chi connectivity index (χ3v) is 7.27. The normalized spacial score (nSPS) is 16.7. The number of fused-ring (bicyclic) bond motifs is 3. The Bertz CT molecular complexity index is 1520. The van der Waals surface area contributed by atoms with Gasteiger partial charge in [-0.25, -0.2) is 0 Å². The highest BCUT2D eigenvalue weighted by atomic mass is 16.3. The van der Waals surface area contributed by atoms with Gasteiger partial charge in [0, 0.05) is 38.8 Å². The fourth-order valence-electron chi connectivity index (χ4n) is 5.44. The smallest absolute Gasteiger partial charge is 0.258 e. The van der Waals surface area contributed by atoms with Gasteiger partial charge in [-0.1, -0.05) is 30.3 Å². The van der Waals surface area contributed by atoms with Gasteiger partial charge in [0.1, 0.15) is 11.8 Å². The molecule has 2 aliphatic rings. The number of carbonyl (C=O) groups excluding carboxylic acids is 2. The molecule has 7 nitrogen and oxygen atoms in total. The molecular formula is C29H26N4O3. The minimum Gasteiger partial charge on any atom is -0.468 e. The molecule has 0 saturated heterocycles. The summed E-state index contributed by atoms with van der Waals surface area (Å²) in [4.78, 5) is 37.1. The first-order valence-electron chi connectivity index (χ1n) is 12.2. The molecule has 0 fully saturated rings. The van der Waals surface area contributed by atoms with Gasteiger partial charge in [-0.2, -0.15) is 0 Å². The fraction of sp³-hybridized carbons (Fsp3) is 0.241. The van der Waals surface area contributed by atoms with Crippen LogP contribution in [-0.2, 0) is 24.1 Å². The van der Waals surface area contributed by atoms with Crippen molar-refractivity contribution in [2.45, 2.75) is 31.7 Å². The number of furan rings is 1. The zero-order chi connectivity index (χ0) is 24.6. The Balaban J connectivity index is 1.24. The van der Waals surface area contributed by atoms with Crippen LogP contribution in [0.2, 0.25) is 0 Å². The first-order valence-corrected chi connectivity index (χ1v) is 12.2. The number of benzene rings is 2. The van der Waals surface area contributed by atoms with E-state index in [1.807, 2.05) is 30.3 Å². The summed E-state index contributed by atoms with van der Waals surface area (Å²) >= 11 is 0. The van der Waals surface area contributed by atoms with E-state index in [9.17, 15) is 9.59 Å². The number of amides is 2. The SMILES string of the molecule is CNC(=O)[C@H]1CC2=C(Cc3ccccc32)CN1C(=O)c1ccoc1CCc1ccc2nccnc2c1. The molecule has 4 aromatic rings. The van der Waals surface area contributed by atoms with Gasteiger partial charge in [0.2, 0.25) is 5.91 Å². The molecular weight excluding hydrogens is 452 g/mol. The van der Waals surface area contributed by atoms with Gasteiger partial charge in [-0.15, -0.1) is 0 Å². The van der Waals surface area contributed by atoms with E-state index in [0.29, 0.717) is 37.1 Å². The predicted octanol–water partition coefficient (Wildman–Crippen LogP) is 3.98. The number of hydrogen-bond acceptors (Lipinski definition) is 5. The second-order valence-corrected chi connectivity index (χ2v) is 9.32. The van der Waals surface area contributed by atoms with E-state index in [2.05, 4.69) is 27.4 Å². The van der Waals surface area contributed by atoms with Crippen LogP contribution in [0.4, 0.5) is 0 Å². The molecule has 1 aliphatic heterocycles. The van der Waals surface area contributed by atoms with Crippen molar-refractivity contribution in [1.82, 2.24) is 20.2 Å². The average molecular weight is 479 g/mol. The zero-order valence-electron chi connectivity index (χ0n) is 20.0. The number of rotatable bonds is 5. The number of aryl methyl sites for hydroxylation is 2. The first kappa shape index (κ1) is 22.2. The Morgan fingerprint density at radius 3 is 2.75 bits per heavy atom. The lowest BCUT2D eigenvalue weighted by atomic mass is 9.92. The molecule has 6 rings (SSSR count). The number of hydrogen-bond donors (Lipinski definition) is 1. The van der Waals surface area contributed by atoms with Crippen molar-refractivity contribution in [3.8, 4) is 0 Å². The summed E-state index contributed by atoms with van der Waals surface area (Å²) in [5.41, 5.74) is 8.19. The minimum atomic E-state index is -0.561. The van der Waals surface area contributed by atoms with Gasteiger partial charge in [0.15, 0.2) is 0 Å². The lowest BCUT2D eigenvalue weighted by Crippen LogP contribution is -2.51. The van der Waals surface area contributed by atoms with Crippen molar-refractivity contribution in [3.63, 3.8) is 0 Å². The summed E-state index contributed by atoms with van der Waals surface area (Å²) in [6, 6.07) is 15.5. The molecule has 180 valence electrons. The highest BCUT2D eigenvalue weighted by molar-refractivity contribution is 6.00. The molecule has 0 unspecified atom stereocenters. The number of aromatic nitrogens is 2. The molecule has 3 heterocycles. The van der Waals surface area contributed by atoms with E-state index < -0.39 is 6.04 Å². The lowest BCUT2D eigenvalue weighted by molar-refractivity contribution is -0.125. The quantitative estimate of drug-likeness (QED) is 0.469. The summed E-state index contributed by atoms with van der Waals surface area (Å²) in [7, 11) is 1.62. The molecule has 0 spiro atoms. The average Bonchev–Trinajstić information content (AvgIpc) is 3.54. The maximum absolute atomic E-state index is 13.8. The van der Waals surface area contributed by atoms with Crippen molar-refractivity contribution in [1.29, 1.82) is 0 Å². The largest absolute Gasteiger partial charge is 0.468 e. The molecule has 1 N–H and O–H groups in total.